The minimum absolute atomic E-state index is 0.0807. The second-order valence-corrected chi connectivity index (χ2v) is 4.29. The number of aliphatic hydroxyl groups is 1. The number of nitrogens with zero attached hydrogens (tertiary/aromatic N) is 1. The van der Waals surface area contributed by atoms with Crippen molar-refractivity contribution in [3.8, 4) is 5.75 Å². The minimum atomic E-state index is -0.716. The topological polar surface area (TPSA) is 60.8 Å². The number of hydrogen-bond acceptors (Lipinski definition) is 3. The monoisotopic (exact) mass is 221 g/mol. The first kappa shape index (κ1) is 11.0. The van der Waals surface area contributed by atoms with Crippen molar-refractivity contribution < 1.29 is 15.0 Å². The number of likely N-dealkylation sites (tertiary alicyclic amines) is 1. The summed E-state index contributed by atoms with van der Waals surface area (Å²) in [7, 11) is 0. The van der Waals surface area contributed by atoms with Gasteiger partial charge in [0, 0.05) is 5.56 Å². The van der Waals surface area contributed by atoms with E-state index in [0.29, 0.717) is 25.1 Å². The van der Waals surface area contributed by atoms with Gasteiger partial charge in [-0.3, -0.25) is 4.79 Å². The third kappa shape index (κ3) is 1.88. The SMILES string of the molecule is CCC1(O)CN(C(=O)c2cccc(O)c2)C1. The van der Waals surface area contributed by atoms with Gasteiger partial charge in [-0.2, -0.15) is 0 Å². The Bertz CT molecular complexity index is 410. The Morgan fingerprint density at radius 1 is 1.50 bits per heavy atom. The van der Waals surface area contributed by atoms with E-state index in [1.807, 2.05) is 6.92 Å². The van der Waals surface area contributed by atoms with Gasteiger partial charge in [-0.25, -0.2) is 0 Å². The van der Waals surface area contributed by atoms with E-state index in [1.165, 1.54) is 12.1 Å². The zero-order chi connectivity index (χ0) is 11.8. The van der Waals surface area contributed by atoms with Crippen LogP contribution in [0.4, 0.5) is 0 Å². The van der Waals surface area contributed by atoms with E-state index >= 15 is 0 Å². The maximum atomic E-state index is 11.9. The van der Waals surface area contributed by atoms with Gasteiger partial charge in [-0.15, -0.1) is 0 Å². The molecule has 0 bridgehead atoms. The van der Waals surface area contributed by atoms with Crippen LogP contribution >= 0.6 is 0 Å². The molecule has 2 rings (SSSR count). The second kappa shape index (κ2) is 3.79. The fraction of sp³-hybridized carbons (Fsp3) is 0.417. The molecule has 0 spiro atoms. The average Bonchev–Trinajstić information content (AvgIpc) is 2.24. The van der Waals surface area contributed by atoms with Crippen molar-refractivity contribution in [2.45, 2.75) is 18.9 Å². The van der Waals surface area contributed by atoms with E-state index in [2.05, 4.69) is 0 Å². The van der Waals surface area contributed by atoms with Gasteiger partial charge in [-0.05, 0) is 24.6 Å². The number of hydrogen-bond donors (Lipinski definition) is 2. The molecule has 0 radical (unpaired) electrons. The van der Waals surface area contributed by atoms with Crippen molar-refractivity contribution in [2.24, 2.45) is 0 Å². The minimum Gasteiger partial charge on any atom is -0.508 e. The van der Waals surface area contributed by atoms with E-state index in [4.69, 9.17) is 0 Å². The first-order valence-electron chi connectivity index (χ1n) is 5.35. The molecule has 1 saturated heterocycles. The van der Waals surface area contributed by atoms with E-state index < -0.39 is 5.60 Å². The lowest BCUT2D eigenvalue weighted by atomic mass is 9.90. The standard InChI is InChI=1S/C12H15NO3/c1-2-12(16)7-13(8-12)11(15)9-4-3-5-10(14)6-9/h3-6,14,16H,2,7-8H2,1H3. The highest BCUT2D eigenvalue weighted by atomic mass is 16.3. The smallest absolute Gasteiger partial charge is 0.254 e. The first-order chi connectivity index (χ1) is 7.54. The van der Waals surface area contributed by atoms with Crippen molar-refractivity contribution in [3.05, 3.63) is 29.8 Å². The van der Waals surface area contributed by atoms with Crippen LogP contribution in [0.5, 0.6) is 5.75 Å². The van der Waals surface area contributed by atoms with Crippen LogP contribution in [0.2, 0.25) is 0 Å². The maximum Gasteiger partial charge on any atom is 0.254 e. The molecule has 0 saturated carbocycles. The van der Waals surface area contributed by atoms with Crippen LogP contribution in [-0.2, 0) is 0 Å². The molecule has 0 atom stereocenters. The Hall–Kier alpha value is -1.55. The highest BCUT2D eigenvalue weighted by molar-refractivity contribution is 5.95. The number of phenolic OH excluding ortho intramolecular Hbond substituents is 1. The van der Waals surface area contributed by atoms with E-state index in [0.717, 1.165) is 0 Å². The largest absolute Gasteiger partial charge is 0.508 e. The molecule has 2 N–H and O–H groups in total. The molecule has 1 aliphatic heterocycles. The zero-order valence-electron chi connectivity index (χ0n) is 9.18. The summed E-state index contributed by atoms with van der Waals surface area (Å²) in [5.74, 6) is -0.0637. The number of aromatic hydroxyl groups is 1. The average molecular weight is 221 g/mol. The summed E-state index contributed by atoms with van der Waals surface area (Å²) < 4.78 is 0. The van der Waals surface area contributed by atoms with Crippen LogP contribution in [0.15, 0.2) is 24.3 Å². The Morgan fingerprint density at radius 2 is 2.19 bits per heavy atom. The Morgan fingerprint density at radius 3 is 2.75 bits per heavy atom. The van der Waals surface area contributed by atoms with Gasteiger partial charge in [0.15, 0.2) is 0 Å². The van der Waals surface area contributed by atoms with Gasteiger partial charge in [0.1, 0.15) is 5.75 Å². The molecule has 0 aromatic heterocycles. The number of phenols is 1. The number of amides is 1. The summed E-state index contributed by atoms with van der Waals surface area (Å²) in [5.41, 5.74) is -0.259. The van der Waals surface area contributed by atoms with Crippen LogP contribution in [-0.4, -0.2) is 39.7 Å². The molecule has 16 heavy (non-hydrogen) atoms. The van der Waals surface area contributed by atoms with Crippen molar-refractivity contribution in [2.75, 3.05) is 13.1 Å². The molecule has 0 aliphatic carbocycles. The number of rotatable bonds is 2. The quantitative estimate of drug-likeness (QED) is 0.783. The molecule has 1 aromatic carbocycles. The van der Waals surface area contributed by atoms with Crippen LogP contribution in [0.3, 0.4) is 0 Å². The molecular formula is C12H15NO3. The van der Waals surface area contributed by atoms with Gasteiger partial charge in [0.25, 0.3) is 5.91 Å². The summed E-state index contributed by atoms with van der Waals surface area (Å²) in [6, 6.07) is 6.25. The number of carbonyl (C=O) groups excluding carboxylic acids is 1. The summed E-state index contributed by atoms with van der Waals surface area (Å²) >= 11 is 0. The highest BCUT2D eigenvalue weighted by Gasteiger charge is 2.42. The maximum absolute atomic E-state index is 11.9. The zero-order valence-corrected chi connectivity index (χ0v) is 9.18. The normalized spacial score (nSPS) is 18.0. The fourth-order valence-electron chi connectivity index (χ4n) is 1.85. The van der Waals surface area contributed by atoms with Gasteiger partial charge in [0.05, 0.1) is 18.7 Å². The number of β-amino-alcohol motifs (C(OH)–C–C–N with tert-alkyl or cyclic N) is 1. The number of benzene rings is 1. The molecule has 1 fully saturated rings. The molecule has 86 valence electrons. The molecular weight excluding hydrogens is 206 g/mol. The number of carbonyl (C=O) groups is 1. The van der Waals surface area contributed by atoms with Crippen molar-refractivity contribution in [1.82, 2.24) is 4.90 Å². The lowest BCUT2D eigenvalue weighted by Crippen LogP contribution is -2.63. The third-order valence-corrected chi connectivity index (χ3v) is 3.01. The van der Waals surface area contributed by atoms with Crippen LogP contribution < -0.4 is 0 Å². The predicted molar refractivity (Wildman–Crippen MR) is 59.3 cm³/mol. The summed E-state index contributed by atoms with van der Waals surface area (Å²) in [4.78, 5) is 13.5. The van der Waals surface area contributed by atoms with Gasteiger partial charge in [-0.1, -0.05) is 13.0 Å². The lowest BCUT2D eigenvalue weighted by molar-refractivity contribution is -0.0826. The molecule has 1 aliphatic rings. The summed E-state index contributed by atoms with van der Waals surface area (Å²) in [6.07, 6.45) is 0.650. The Kier molecular flexibility index (Phi) is 2.59. The molecule has 0 unspecified atom stereocenters. The first-order valence-corrected chi connectivity index (χ1v) is 5.35. The molecule has 1 heterocycles. The van der Waals surface area contributed by atoms with E-state index in [-0.39, 0.29) is 11.7 Å². The Balaban J connectivity index is 2.06. The van der Waals surface area contributed by atoms with Crippen molar-refractivity contribution in [1.29, 1.82) is 0 Å². The Labute approximate surface area is 94.1 Å². The van der Waals surface area contributed by atoms with Gasteiger partial charge < -0.3 is 15.1 Å². The van der Waals surface area contributed by atoms with E-state index in [9.17, 15) is 15.0 Å². The van der Waals surface area contributed by atoms with Crippen molar-refractivity contribution >= 4 is 5.91 Å². The predicted octanol–water partition coefficient (Wildman–Crippen LogP) is 0.989. The fourth-order valence-corrected chi connectivity index (χ4v) is 1.85. The lowest BCUT2D eigenvalue weighted by Gasteiger charge is -2.46. The third-order valence-electron chi connectivity index (χ3n) is 3.01. The van der Waals surface area contributed by atoms with Crippen molar-refractivity contribution in [3.63, 3.8) is 0 Å². The highest BCUT2D eigenvalue weighted by Crippen LogP contribution is 2.26. The molecule has 1 aromatic rings. The molecule has 4 heteroatoms. The molecule has 1 amide bonds. The second-order valence-electron chi connectivity index (χ2n) is 4.29. The molecule has 4 nitrogen and oxygen atoms in total. The summed E-state index contributed by atoms with van der Waals surface area (Å²) in [6.45, 7) is 2.64. The van der Waals surface area contributed by atoms with Crippen LogP contribution in [0, 0.1) is 0 Å². The van der Waals surface area contributed by atoms with Gasteiger partial charge in [0.2, 0.25) is 0 Å². The van der Waals surface area contributed by atoms with Crippen LogP contribution in [0.1, 0.15) is 23.7 Å². The van der Waals surface area contributed by atoms with Gasteiger partial charge >= 0.3 is 0 Å². The van der Waals surface area contributed by atoms with Crippen LogP contribution in [0.25, 0.3) is 0 Å². The summed E-state index contributed by atoms with van der Waals surface area (Å²) in [5, 5.41) is 19.1. The van der Waals surface area contributed by atoms with E-state index in [1.54, 1.807) is 17.0 Å².